The molecule has 0 aliphatic heterocycles. The molecular weight excluding hydrogens is 378 g/mol. The van der Waals surface area contributed by atoms with Crippen molar-refractivity contribution in [1.29, 1.82) is 0 Å². The summed E-state index contributed by atoms with van der Waals surface area (Å²) in [6.45, 7) is 6.02. The van der Waals surface area contributed by atoms with Crippen LogP contribution in [0.2, 0.25) is 0 Å². The molecule has 6 heteroatoms. The van der Waals surface area contributed by atoms with Gasteiger partial charge in [0.15, 0.2) is 11.5 Å². The number of hydrogen-bond acceptors (Lipinski definition) is 4. The molecule has 156 valence electrons. The van der Waals surface area contributed by atoms with Gasteiger partial charge in [0, 0.05) is 17.3 Å². The van der Waals surface area contributed by atoms with E-state index in [-0.39, 0.29) is 11.9 Å². The molecule has 3 rings (SSSR count). The molecule has 6 nitrogen and oxygen atoms in total. The van der Waals surface area contributed by atoms with Gasteiger partial charge in [-0.25, -0.2) is 4.68 Å². The largest absolute Gasteiger partial charge is 0.493 e. The van der Waals surface area contributed by atoms with Gasteiger partial charge in [-0.2, -0.15) is 5.10 Å². The van der Waals surface area contributed by atoms with Gasteiger partial charge >= 0.3 is 0 Å². The monoisotopic (exact) mass is 405 g/mol. The minimum Gasteiger partial charge on any atom is -0.493 e. The van der Waals surface area contributed by atoms with E-state index in [0.29, 0.717) is 11.5 Å². The van der Waals surface area contributed by atoms with E-state index >= 15 is 0 Å². The van der Waals surface area contributed by atoms with Crippen LogP contribution in [-0.2, 0) is 4.79 Å². The van der Waals surface area contributed by atoms with Crippen LogP contribution in [-0.4, -0.2) is 29.9 Å². The molecule has 1 unspecified atom stereocenters. The van der Waals surface area contributed by atoms with Gasteiger partial charge in [-0.15, -0.1) is 0 Å². The van der Waals surface area contributed by atoms with Crippen molar-refractivity contribution in [3.05, 3.63) is 77.1 Å². The van der Waals surface area contributed by atoms with Crippen LogP contribution in [0, 0.1) is 13.8 Å². The van der Waals surface area contributed by atoms with Crippen molar-refractivity contribution in [2.24, 2.45) is 0 Å². The number of carbonyl (C=O) groups is 1. The number of para-hydroxylation sites is 1. The van der Waals surface area contributed by atoms with Crippen LogP contribution in [0.4, 0.5) is 0 Å². The molecule has 0 fully saturated rings. The fraction of sp³-hybridized carbons (Fsp3) is 0.250. The van der Waals surface area contributed by atoms with E-state index in [2.05, 4.69) is 23.4 Å². The molecule has 0 saturated carbocycles. The number of rotatable bonds is 7. The van der Waals surface area contributed by atoms with E-state index in [1.165, 1.54) is 6.08 Å². The Morgan fingerprint density at radius 3 is 2.53 bits per heavy atom. The van der Waals surface area contributed by atoms with Crippen LogP contribution in [0.3, 0.4) is 0 Å². The molecule has 0 saturated heterocycles. The van der Waals surface area contributed by atoms with Gasteiger partial charge in [0.25, 0.3) is 0 Å². The number of amides is 1. The highest BCUT2D eigenvalue weighted by atomic mass is 16.5. The van der Waals surface area contributed by atoms with Crippen LogP contribution in [0.25, 0.3) is 11.8 Å². The SMILES string of the molecule is COc1ccc(/C=C/C(=O)NC(C)c2cnn(-c3ccccc3C)c2C)cc1OC. The van der Waals surface area contributed by atoms with Crippen molar-refractivity contribution in [2.75, 3.05) is 14.2 Å². The Kier molecular flexibility index (Phi) is 6.57. The Morgan fingerprint density at radius 2 is 1.83 bits per heavy atom. The quantitative estimate of drug-likeness (QED) is 0.592. The van der Waals surface area contributed by atoms with Gasteiger partial charge < -0.3 is 14.8 Å². The Morgan fingerprint density at radius 1 is 1.10 bits per heavy atom. The van der Waals surface area contributed by atoms with Gasteiger partial charge in [0.2, 0.25) is 5.91 Å². The summed E-state index contributed by atoms with van der Waals surface area (Å²) in [7, 11) is 3.17. The zero-order valence-electron chi connectivity index (χ0n) is 18.0. The van der Waals surface area contributed by atoms with E-state index in [0.717, 1.165) is 28.1 Å². The summed E-state index contributed by atoms with van der Waals surface area (Å²) in [5.74, 6) is 1.09. The van der Waals surface area contributed by atoms with Crippen molar-refractivity contribution in [3.63, 3.8) is 0 Å². The van der Waals surface area contributed by atoms with Crippen LogP contribution >= 0.6 is 0 Å². The lowest BCUT2D eigenvalue weighted by Crippen LogP contribution is -2.25. The average molecular weight is 405 g/mol. The van der Waals surface area contributed by atoms with Crippen molar-refractivity contribution in [3.8, 4) is 17.2 Å². The zero-order chi connectivity index (χ0) is 21.7. The summed E-state index contributed by atoms with van der Waals surface area (Å²) in [5.41, 5.74) is 5.00. The summed E-state index contributed by atoms with van der Waals surface area (Å²) in [5, 5.41) is 7.53. The van der Waals surface area contributed by atoms with Crippen LogP contribution in [0.1, 0.15) is 35.3 Å². The summed E-state index contributed by atoms with van der Waals surface area (Å²) in [6.07, 6.45) is 5.07. The first-order chi connectivity index (χ1) is 14.4. The molecule has 0 radical (unpaired) electrons. The molecule has 3 aromatic rings. The third-order valence-corrected chi connectivity index (χ3v) is 5.05. The average Bonchev–Trinajstić information content (AvgIpc) is 3.13. The van der Waals surface area contributed by atoms with Crippen molar-refractivity contribution in [2.45, 2.75) is 26.8 Å². The second-order valence-corrected chi connectivity index (χ2v) is 7.06. The third-order valence-electron chi connectivity index (χ3n) is 5.05. The maximum atomic E-state index is 12.4. The molecule has 0 aliphatic rings. The molecule has 1 atom stereocenters. The number of aromatic nitrogens is 2. The predicted molar refractivity (Wildman–Crippen MR) is 118 cm³/mol. The lowest BCUT2D eigenvalue weighted by molar-refractivity contribution is -0.117. The fourth-order valence-corrected chi connectivity index (χ4v) is 3.36. The van der Waals surface area contributed by atoms with Gasteiger partial charge in [-0.1, -0.05) is 24.3 Å². The number of methoxy groups -OCH3 is 2. The molecule has 0 bridgehead atoms. The Labute approximate surface area is 177 Å². The molecule has 0 spiro atoms. The standard InChI is InChI=1S/C24H27N3O3/c1-16-8-6-7-9-21(16)27-18(3)20(15-25-27)17(2)26-24(28)13-11-19-10-12-22(29-4)23(14-19)30-5/h6-15,17H,1-5H3,(H,26,28)/b13-11+. The number of carbonyl (C=O) groups excluding carboxylic acids is 1. The van der Waals surface area contributed by atoms with Crippen molar-refractivity contribution >= 4 is 12.0 Å². The van der Waals surface area contributed by atoms with Gasteiger partial charge in [0.1, 0.15) is 0 Å². The Balaban J connectivity index is 1.71. The molecule has 2 aromatic carbocycles. The van der Waals surface area contributed by atoms with E-state index in [1.54, 1.807) is 20.3 Å². The Bertz CT molecular complexity index is 1070. The smallest absolute Gasteiger partial charge is 0.244 e. The zero-order valence-corrected chi connectivity index (χ0v) is 18.0. The Hall–Kier alpha value is -3.54. The highest BCUT2D eigenvalue weighted by molar-refractivity contribution is 5.92. The minimum atomic E-state index is -0.180. The molecule has 1 aromatic heterocycles. The lowest BCUT2D eigenvalue weighted by atomic mass is 10.1. The van der Waals surface area contributed by atoms with Gasteiger partial charge in [-0.05, 0) is 56.2 Å². The minimum absolute atomic E-state index is 0.176. The molecule has 30 heavy (non-hydrogen) atoms. The molecule has 1 heterocycles. The van der Waals surface area contributed by atoms with Gasteiger partial charge in [-0.3, -0.25) is 4.79 Å². The molecule has 1 amide bonds. The summed E-state index contributed by atoms with van der Waals surface area (Å²) in [4.78, 5) is 12.4. The van der Waals surface area contributed by atoms with E-state index in [9.17, 15) is 4.79 Å². The summed E-state index contributed by atoms with van der Waals surface area (Å²) in [6, 6.07) is 13.4. The van der Waals surface area contributed by atoms with Crippen LogP contribution in [0.15, 0.2) is 54.7 Å². The van der Waals surface area contributed by atoms with Crippen molar-refractivity contribution in [1.82, 2.24) is 15.1 Å². The molecular formula is C24H27N3O3. The number of aryl methyl sites for hydroxylation is 1. The van der Waals surface area contributed by atoms with E-state index in [1.807, 2.05) is 61.1 Å². The highest BCUT2D eigenvalue weighted by Gasteiger charge is 2.16. The molecule has 0 aliphatic carbocycles. The van der Waals surface area contributed by atoms with Crippen LogP contribution < -0.4 is 14.8 Å². The predicted octanol–water partition coefficient (Wildman–Crippen LogP) is 4.40. The number of nitrogens with zero attached hydrogens (tertiary/aromatic N) is 2. The number of nitrogens with one attached hydrogen (secondary N) is 1. The first kappa shape index (κ1) is 21.2. The summed E-state index contributed by atoms with van der Waals surface area (Å²) >= 11 is 0. The maximum Gasteiger partial charge on any atom is 0.244 e. The topological polar surface area (TPSA) is 65.4 Å². The van der Waals surface area contributed by atoms with E-state index in [4.69, 9.17) is 9.47 Å². The second kappa shape index (κ2) is 9.31. The normalized spacial score (nSPS) is 12.0. The maximum absolute atomic E-state index is 12.4. The second-order valence-electron chi connectivity index (χ2n) is 7.06. The number of benzene rings is 2. The van der Waals surface area contributed by atoms with Crippen LogP contribution in [0.5, 0.6) is 11.5 Å². The number of hydrogen-bond donors (Lipinski definition) is 1. The van der Waals surface area contributed by atoms with E-state index < -0.39 is 0 Å². The van der Waals surface area contributed by atoms with Gasteiger partial charge in [0.05, 0.1) is 32.1 Å². The molecule has 1 N–H and O–H groups in total. The summed E-state index contributed by atoms with van der Waals surface area (Å²) < 4.78 is 12.4. The first-order valence-electron chi connectivity index (χ1n) is 9.75. The fourth-order valence-electron chi connectivity index (χ4n) is 3.36. The highest BCUT2D eigenvalue weighted by Crippen LogP contribution is 2.28. The first-order valence-corrected chi connectivity index (χ1v) is 9.75. The number of ether oxygens (including phenoxy) is 2. The van der Waals surface area contributed by atoms with Crippen molar-refractivity contribution < 1.29 is 14.3 Å². The third kappa shape index (κ3) is 4.54. The lowest BCUT2D eigenvalue weighted by Gasteiger charge is -2.13.